The number of aliphatic carboxylic acids is 1. The van der Waals surface area contributed by atoms with Crippen LogP contribution in [0, 0.1) is 0 Å². The summed E-state index contributed by atoms with van der Waals surface area (Å²) < 4.78 is 0. The Labute approximate surface area is 141 Å². The molecule has 1 aliphatic rings. The largest absolute Gasteiger partial charge is 0.481 e. The molecule has 0 saturated carbocycles. The number of unbranched alkanes of at least 4 members (excludes halogenated alkanes) is 1. The average molecular weight is 323 g/mol. The van der Waals surface area contributed by atoms with E-state index >= 15 is 0 Å². The highest BCUT2D eigenvalue weighted by molar-refractivity contribution is 6.00. The summed E-state index contributed by atoms with van der Waals surface area (Å²) in [4.78, 5) is 26.8. The number of amides is 1. The predicted molar refractivity (Wildman–Crippen MR) is 91.9 cm³/mol. The number of benzene rings is 2. The second kappa shape index (κ2) is 6.87. The van der Waals surface area contributed by atoms with E-state index in [1.54, 1.807) is 29.2 Å². The van der Waals surface area contributed by atoms with E-state index in [9.17, 15) is 14.7 Å². The number of carboxylic acid groups (broad SMARTS) is 1. The molecule has 0 bridgehead atoms. The summed E-state index contributed by atoms with van der Waals surface area (Å²) in [5.74, 6) is -1.73. The first-order valence-corrected chi connectivity index (χ1v) is 8.32. The highest BCUT2D eigenvalue weighted by Gasteiger charge is 2.43. The molecule has 2 atom stereocenters. The molecule has 0 unspecified atom stereocenters. The normalized spacial score (nSPS) is 19.9. The second-order valence-corrected chi connectivity index (χ2v) is 6.11. The molecule has 2 aromatic rings. The van der Waals surface area contributed by atoms with Gasteiger partial charge in [-0.2, -0.15) is 0 Å². The van der Waals surface area contributed by atoms with Gasteiger partial charge in [0.05, 0.1) is 6.04 Å². The van der Waals surface area contributed by atoms with Crippen LogP contribution in [0.3, 0.4) is 0 Å². The molecule has 4 nitrogen and oxygen atoms in total. The van der Waals surface area contributed by atoms with Crippen molar-refractivity contribution in [3.63, 3.8) is 0 Å². The monoisotopic (exact) mass is 323 g/mol. The van der Waals surface area contributed by atoms with Crippen LogP contribution in [0.15, 0.2) is 54.6 Å². The molecule has 0 radical (unpaired) electrons. The highest BCUT2D eigenvalue weighted by atomic mass is 16.4. The van der Waals surface area contributed by atoms with Crippen LogP contribution in [0.5, 0.6) is 0 Å². The minimum atomic E-state index is -0.898. The van der Waals surface area contributed by atoms with Gasteiger partial charge in [0, 0.05) is 12.1 Å². The summed E-state index contributed by atoms with van der Waals surface area (Å²) in [6.07, 6.45) is 1.80. The maximum absolute atomic E-state index is 13.0. The van der Waals surface area contributed by atoms with Gasteiger partial charge in [0.2, 0.25) is 0 Å². The van der Waals surface area contributed by atoms with E-state index in [1.165, 1.54) is 0 Å². The summed E-state index contributed by atoms with van der Waals surface area (Å²) in [6.45, 7) is 2.63. The summed E-state index contributed by atoms with van der Waals surface area (Å²) in [5.41, 5.74) is 1.98. The molecule has 1 N–H and O–H groups in total. The van der Waals surface area contributed by atoms with Gasteiger partial charge in [0.15, 0.2) is 0 Å². The fourth-order valence-corrected chi connectivity index (χ4v) is 3.45. The maximum Gasteiger partial charge on any atom is 0.313 e. The third-order valence-corrected chi connectivity index (χ3v) is 4.60. The summed E-state index contributed by atoms with van der Waals surface area (Å²) in [5, 5.41) is 9.91. The number of carboxylic acids is 1. The fraction of sp³-hybridized carbons (Fsp3) is 0.300. The zero-order valence-corrected chi connectivity index (χ0v) is 13.7. The predicted octanol–water partition coefficient (Wildman–Crippen LogP) is 3.85. The molecule has 124 valence electrons. The fourth-order valence-electron chi connectivity index (χ4n) is 3.45. The van der Waals surface area contributed by atoms with Gasteiger partial charge in [-0.25, -0.2) is 0 Å². The van der Waals surface area contributed by atoms with Crippen molar-refractivity contribution in [2.45, 2.75) is 31.7 Å². The van der Waals surface area contributed by atoms with Crippen LogP contribution in [0.2, 0.25) is 0 Å². The van der Waals surface area contributed by atoms with Crippen LogP contribution < -0.4 is 0 Å². The standard InChI is InChI=1S/C20H21NO3/c1-2-3-13-21-18(14-9-5-4-6-10-14)17(20(23)24)15-11-7-8-12-16(15)19(21)22/h4-12,17-18H,2-3,13H2,1H3,(H,23,24)/t17-,18-/m0/s1. The first kappa shape index (κ1) is 16.2. The Morgan fingerprint density at radius 3 is 2.42 bits per heavy atom. The Morgan fingerprint density at radius 1 is 1.08 bits per heavy atom. The van der Waals surface area contributed by atoms with Gasteiger partial charge in [-0.05, 0) is 23.6 Å². The van der Waals surface area contributed by atoms with Gasteiger partial charge in [0.1, 0.15) is 5.92 Å². The second-order valence-electron chi connectivity index (χ2n) is 6.11. The molecule has 0 aromatic heterocycles. The molecule has 1 aliphatic heterocycles. The number of rotatable bonds is 5. The molecule has 1 amide bonds. The quantitative estimate of drug-likeness (QED) is 0.909. The Morgan fingerprint density at radius 2 is 1.75 bits per heavy atom. The van der Waals surface area contributed by atoms with Crippen LogP contribution in [0.4, 0.5) is 0 Å². The zero-order valence-electron chi connectivity index (χ0n) is 13.7. The first-order chi connectivity index (χ1) is 11.6. The number of hydrogen-bond acceptors (Lipinski definition) is 2. The molecule has 0 saturated heterocycles. The zero-order chi connectivity index (χ0) is 17.1. The Hall–Kier alpha value is -2.62. The molecule has 1 heterocycles. The summed E-state index contributed by atoms with van der Waals surface area (Å²) in [7, 11) is 0. The molecule has 0 fully saturated rings. The van der Waals surface area contributed by atoms with Crippen LogP contribution in [0.1, 0.15) is 53.2 Å². The van der Waals surface area contributed by atoms with Crippen LogP contribution in [0.25, 0.3) is 0 Å². The SMILES string of the molecule is CCCCN1C(=O)c2ccccc2[C@H](C(=O)O)[C@@H]1c1ccccc1. The van der Waals surface area contributed by atoms with Crippen molar-refractivity contribution in [2.24, 2.45) is 0 Å². The molecule has 0 spiro atoms. The molecular formula is C20H21NO3. The van der Waals surface area contributed by atoms with E-state index in [0.717, 1.165) is 18.4 Å². The van der Waals surface area contributed by atoms with E-state index in [0.29, 0.717) is 17.7 Å². The van der Waals surface area contributed by atoms with Crippen molar-refractivity contribution in [2.75, 3.05) is 6.54 Å². The Balaban J connectivity index is 2.16. The topological polar surface area (TPSA) is 57.6 Å². The van der Waals surface area contributed by atoms with Crippen molar-refractivity contribution in [3.05, 3.63) is 71.3 Å². The van der Waals surface area contributed by atoms with E-state index < -0.39 is 17.9 Å². The van der Waals surface area contributed by atoms with Crippen LogP contribution in [-0.4, -0.2) is 28.4 Å². The van der Waals surface area contributed by atoms with Gasteiger partial charge in [0.25, 0.3) is 5.91 Å². The van der Waals surface area contributed by atoms with Gasteiger partial charge in [-0.3, -0.25) is 9.59 Å². The van der Waals surface area contributed by atoms with Gasteiger partial charge < -0.3 is 10.0 Å². The third-order valence-electron chi connectivity index (χ3n) is 4.60. The average Bonchev–Trinajstić information content (AvgIpc) is 2.61. The lowest BCUT2D eigenvalue weighted by Gasteiger charge is -2.41. The minimum Gasteiger partial charge on any atom is -0.481 e. The molecule has 24 heavy (non-hydrogen) atoms. The number of carbonyl (C=O) groups is 2. The summed E-state index contributed by atoms with van der Waals surface area (Å²) in [6, 6.07) is 16.1. The van der Waals surface area contributed by atoms with E-state index in [-0.39, 0.29) is 5.91 Å². The third kappa shape index (κ3) is 2.80. The molecule has 3 rings (SSSR count). The van der Waals surface area contributed by atoms with E-state index in [4.69, 9.17) is 0 Å². The van der Waals surface area contributed by atoms with Crippen molar-refractivity contribution >= 4 is 11.9 Å². The van der Waals surface area contributed by atoms with E-state index in [1.807, 2.05) is 30.3 Å². The van der Waals surface area contributed by atoms with Gasteiger partial charge in [-0.1, -0.05) is 61.9 Å². The van der Waals surface area contributed by atoms with Crippen molar-refractivity contribution in [1.82, 2.24) is 4.90 Å². The van der Waals surface area contributed by atoms with Gasteiger partial charge >= 0.3 is 5.97 Å². The van der Waals surface area contributed by atoms with Crippen molar-refractivity contribution < 1.29 is 14.7 Å². The smallest absolute Gasteiger partial charge is 0.313 e. The lowest BCUT2D eigenvalue weighted by Crippen LogP contribution is -2.45. The maximum atomic E-state index is 13.0. The number of nitrogens with zero attached hydrogens (tertiary/aromatic N) is 1. The van der Waals surface area contributed by atoms with Crippen LogP contribution in [-0.2, 0) is 4.79 Å². The van der Waals surface area contributed by atoms with E-state index in [2.05, 4.69) is 6.92 Å². The lowest BCUT2D eigenvalue weighted by atomic mass is 9.79. The first-order valence-electron chi connectivity index (χ1n) is 8.32. The number of hydrogen-bond donors (Lipinski definition) is 1. The number of fused-ring (bicyclic) bond motifs is 1. The Kier molecular flexibility index (Phi) is 4.65. The molecule has 2 aromatic carbocycles. The Bertz CT molecular complexity index is 742. The summed E-state index contributed by atoms with van der Waals surface area (Å²) >= 11 is 0. The minimum absolute atomic E-state index is 0.0783. The molecule has 0 aliphatic carbocycles. The molecular weight excluding hydrogens is 302 g/mol. The highest BCUT2D eigenvalue weighted by Crippen LogP contribution is 2.42. The molecule has 4 heteroatoms. The van der Waals surface area contributed by atoms with Crippen molar-refractivity contribution in [3.8, 4) is 0 Å². The van der Waals surface area contributed by atoms with Crippen molar-refractivity contribution in [1.29, 1.82) is 0 Å². The lowest BCUT2D eigenvalue weighted by molar-refractivity contribution is -0.140. The number of carbonyl (C=O) groups excluding carboxylic acids is 1. The van der Waals surface area contributed by atoms with Gasteiger partial charge in [-0.15, -0.1) is 0 Å². The van der Waals surface area contributed by atoms with Crippen LogP contribution >= 0.6 is 0 Å².